The van der Waals surface area contributed by atoms with Gasteiger partial charge in [0, 0.05) is 17.1 Å². The van der Waals surface area contributed by atoms with E-state index in [9.17, 15) is 0 Å². The second kappa shape index (κ2) is 3.75. The molecule has 0 bridgehead atoms. The molecule has 2 aromatic carbocycles. The third kappa shape index (κ3) is 1.57. The molecule has 0 atom stereocenters. The van der Waals surface area contributed by atoms with Crippen molar-refractivity contribution in [3.05, 3.63) is 65.9 Å². The van der Waals surface area contributed by atoms with Crippen molar-refractivity contribution in [2.45, 2.75) is 6.92 Å². The monoisotopic (exact) mass is 245 g/mol. The Bertz CT molecular complexity index is 809. The molecule has 2 nitrogen and oxygen atoms in total. The summed E-state index contributed by atoms with van der Waals surface area (Å²) in [6.07, 6.45) is 4.22. The van der Waals surface area contributed by atoms with E-state index < -0.39 is 0 Å². The molecule has 0 N–H and O–H groups in total. The highest BCUT2D eigenvalue weighted by Crippen LogP contribution is 2.31. The molecule has 1 aliphatic rings. The van der Waals surface area contributed by atoms with Gasteiger partial charge in [0.25, 0.3) is 0 Å². The molecular formula is C17H13N2. The number of aryl methyl sites for hydroxylation is 1. The molecule has 19 heavy (non-hydrogen) atoms. The molecule has 2 heterocycles. The van der Waals surface area contributed by atoms with Crippen LogP contribution in [-0.4, -0.2) is 4.57 Å². The van der Waals surface area contributed by atoms with Gasteiger partial charge in [0.15, 0.2) is 0 Å². The van der Waals surface area contributed by atoms with E-state index in [1.807, 2.05) is 12.1 Å². The molecule has 0 saturated heterocycles. The van der Waals surface area contributed by atoms with Gasteiger partial charge in [0.1, 0.15) is 5.82 Å². The summed E-state index contributed by atoms with van der Waals surface area (Å²) >= 11 is 0. The lowest BCUT2D eigenvalue weighted by Crippen LogP contribution is -2.00. The predicted octanol–water partition coefficient (Wildman–Crippen LogP) is 4.15. The first-order chi connectivity index (χ1) is 9.31. The topological polar surface area (TPSA) is 19.0 Å². The first kappa shape index (κ1) is 10.4. The van der Waals surface area contributed by atoms with Gasteiger partial charge >= 0.3 is 0 Å². The maximum atomic E-state index is 4.69. The van der Waals surface area contributed by atoms with Crippen molar-refractivity contribution in [1.82, 2.24) is 9.88 Å². The van der Waals surface area contributed by atoms with Gasteiger partial charge in [-0.15, -0.1) is 0 Å². The summed E-state index contributed by atoms with van der Waals surface area (Å²) in [6, 6.07) is 16.9. The maximum Gasteiger partial charge on any atom is 0.138 e. The van der Waals surface area contributed by atoms with Crippen LogP contribution in [0.5, 0.6) is 0 Å². The summed E-state index contributed by atoms with van der Waals surface area (Å²) in [5.74, 6) is 0.986. The fraction of sp³-hybridized carbons (Fsp3) is 0.0588. The van der Waals surface area contributed by atoms with E-state index in [2.05, 4.69) is 60.2 Å². The number of fused-ring (bicyclic) bond motifs is 2. The summed E-state index contributed by atoms with van der Waals surface area (Å²) < 4.78 is 2.15. The van der Waals surface area contributed by atoms with Gasteiger partial charge in [-0.25, -0.2) is 5.32 Å². The second-order valence-electron chi connectivity index (χ2n) is 4.92. The van der Waals surface area contributed by atoms with Gasteiger partial charge in [0.2, 0.25) is 0 Å². The minimum Gasteiger partial charge on any atom is -0.301 e. The molecule has 1 aliphatic heterocycles. The molecule has 2 heteroatoms. The predicted molar refractivity (Wildman–Crippen MR) is 79.1 cm³/mol. The number of hydrogen-bond acceptors (Lipinski definition) is 0. The van der Waals surface area contributed by atoms with Gasteiger partial charge in [-0.2, -0.15) is 0 Å². The Labute approximate surface area is 112 Å². The normalized spacial score (nSPS) is 13.2. The van der Waals surface area contributed by atoms with Crippen LogP contribution in [0.4, 0.5) is 5.69 Å². The van der Waals surface area contributed by atoms with Crippen molar-refractivity contribution in [3.8, 4) is 0 Å². The Morgan fingerprint density at radius 1 is 1.00 bits per heavy atom. The number of para-hydroxylation sites is 1. The molecular weight excluding hydrogens is 232 g/mol. The van der Waals surface area contributed by atoms with Crippen molar-refractivity contribution in [2.75, 3.05) is 0 Å². The Morgan fingerprint density at radius 3 is 2.79 bits per heavy atom. The molecule has 0 spiro atoms. The van der Waals surface area contributed by atoms with Crippen molar-refractivity contribution < 1.29 is 0 Å². The van der Waals surface area contributed by atoms with Gasteiger partial charge in [-0.1, -0.05) is 29.8 Å². The summed E-state index contributed by atoms with van der Waals surface area (Å²) in [5.41, 5.74) is 4.72. The first-order valence-electron chi connectivity index (χ1n) is 6.42. The summed E-state index contributed by atoms with van der Waals surface area (Å²) in [5, 5.41) is 5.95. The van der Waals surface area contributed by atoms with Gasteiger partial charge < -0.3 is 4.57 Å². The van der Waals surface area contributed by atoms with Crippen LogP contribution >= 0.6 is 0 Å². The molecule has 0 amide bonds. The van der Waals surface area contributed by atoms with E-state index >= 15 is 0 Å². The minimum absolute atomic E-state index is 0.986. The van der Waals surface area contributed by atoms with Crippen LogP contribution in [0.2, 0.25) is 0 Å². The lowest BCUT2D eigenvalue weighted by Gasteiger charge is -2.06. The van der Waals surface area contributed by atoms with E-state index in [0.29, 0.717) is 0 Å². The van der Waals surface area contributed by atoms with Crippen LogP contribution < -0.4 is 5.32 Å². The van der Waals surface area contributed by atoms with Crippen LogP contribution in [0.15, 0.2) is 54.7 Å². The number of nitrogens with zero attached hydrogens (tertiary/aromatic N) is 2. The van der Waals surface area contributed by atoms with Crippen LogP contribution in [0.1, 0.15) is 11.1 Å². The summed E-state index contributed by atoms with van der Waals surface area (Å²) in [6.45, 7) is 2.12. The average molecular weight is 245 g/mol. The fourth-order valence-corrected chi connectivity index (χ4v) is 2.59. The molecule has 91 valence electrons. The van der Waals surface area contributed by atoms with E-state index in [1.165, 1.54) is 22.0 Å². The zero-order chi connectivity index (χ0) is 12.8. The largest absolute Gasteiger partial charge is 0.301 e. The van der Waals surface area contributed by atoms with Gasteiger partial charge in [-0.05, 0) is 37.3 Å². The zero-order valence-corrected chi connectivity index (χ0v) is 10.7. The lowest BCUT2D eigenvalue weighted by molar-refractivity contribution is 1.05. The van der Waals surface area contributed by atoms with Crippen LogP contribution in [0.3, 0.4) is 0 Å². The molecule has 0 unspecified atom stereocenters. The molecule has 4 rings (SSSR count). The second-order valence-corrected chi connectivity index (χ2v) is 4.92. The average Bonchev–Trinajstić information content (AvgIpc) is 3.00. The SMILES string of the molecule is Cc1ccc2c(ccn2C2=Cc3ccccc3[N]2)c1. The minimum atomic E-state index is 0.986. The standard InChI is InChI=1S/C17H13N2/c1-12-6-7-16-14(10-12)8-9-19(16)17-11-13-4-2-3-5-15(13)18-17/h2-11H,1H3. The Hall–Kier alpha value is -2.48. The van der Waals surface area contributed by atoms with Crippen molar-refractivity contribution in [1.29, 1.82) is 0 Å². The van der Waals surface area contributed by atoms with E-state index in [1.54, 1.807) is 0 Å². The molecule has 1 radical (unpaired) electrons. The fourth-order valence-electron chi connectivity index (χ4n) is 2.59. The first-order valence-corrected chi connectivity index (χ1v) is 6.42. The van der Waals surface area contributed by atoms with Crippen LogP contribution in [0, 0.1) is 6.92 Å². The van der Waals surface area contributed by atoms with E-state index in [-0.39, 0.29) is 0 Å². The molecule has 1 aromatic heterocycles. The zero-order valence-electron chi connectivity index (χ0n) is 10.7. The summed E-state index contributed by atoms with van der Waals surface area (Å²) in [4.78, 5) is 0. The highest BCUT2D eigenvalue weighted by atomic mass is 15.1. The highest BCUT2D eigenvalue weighted by Gasteiger charge is 2.15. The van der Waals surface area contributed by atoms with Crippen molar-refractivity contribution in [3.63, 3.8) is 0 Å². The highest BCUT2D eigenvalue weighted by molar-refractivity contribution is 5.91. The molecule has 0 saturated carbocycles. The Morgan fingerprint density at radius 2 is 1.89 bits per heavy atom. The van der Waals surface area contributed by atoms with Crippen LogP contribution in [-0.2, 0) is 0 Å². The van der Waals surface area contributed by atoms with E-state index in [4.69, 9.17) is 5.32 Å². The number of aromatic nitrogens is 1. The van der Waals surface area contributed by atoms with Crippen molar-refractivity contribution >= 4 is 28.5 Å². The van der Waals surface area contributed by atoms with Gasteiger partial charge in [0.05, 0.1) is 11.2 Å². The van der Waals surface area contributed by atoms with Crippen molar-refractivity contribution in [2.24, 2.45) is 0 Å². The van der Waals surface area contributed by atoms with E-state index in [0.717, 1.165) is 11.5 Å². The number of hydrogen-bond donors (Lipinski definition) is 0. The lowest BCUT2D eigenvalue weighted by atomic mass is 10.2. The smallest absolute Gasteiger partial charge is 0.138 e. The maximum absolute atomic E-state index is 4.69. The Kier molecular flexibility index (Phi) is 2.06. The molecule has 0 fully saturated rings. The third-order valence-corrected chi connectivity index (χ3v) is 3.55. The number of benzene rings is 2. The number of rotatable bonds is 1. The third-order valence-electron chi connectivity index (χ3n) is 3.55. The molecule has 0 aliphatic carbocycles. The molecule has 3 aromatic rings. The van der Waals surface area contributed by atoms with Crippen LogP contribution in [0.25, 0.3) is 22.8 Å². The Balaban J connectivity index is 1.85. The summed E-state index contributed by atoms with van der Waals surface area (Å²) in [7, 11) is 0. The van der Waals surface area contributed by atoms with Gasteiger partial charge in [-0.3, -0.25) is 0 Å². The quantitative estimate of drug-likeness (QED) is 0.613.